The summed E-state index contributed by atoms with van der Waals surface area (Å²) in [6.45, 7) is 4.34. The molecule has 1 saturated heterocycles. The Kier molecular flexibility index (Phi) is 7.39. The van der Waals surface area contributed by atoms with Gasteiger partial charge in [-0.15, -0.1) is 0 Å². The molecule has 0 radical (unpaired) electrons. The molecule has 1 fully saturated rings. The maximum Gasteiger partial charge on any atom is 0.246 e. The van der Waals surface area contributed by atoms with E-state index in [2.05, 4.69) is 21.2 Å². The fourth-order valence-electron chi connectivity index (χ4n) is 3.85. The number of carbonyl (C=O) groups excluding carboxylic acids is 1. The smallest absolute Gasteiger partial charge is 0.246 e. The number of carbonyl (C=O) groups is 1. The lowest BCUT2D eigenvalue weighted by molar-refractivity contribution is -0.120. The van der Waals surface area contributed by atoms with Crippen LogP contribution < -0.4 is 10.1 Å². The average Bonchev–Trinajstić information content (AvgIpc) is 2.75. The zero-order valence-electron chi connectivity index (χ0n) is 17.7. The molecule has 168 valence electrons. The summed E-state index contributed by atoms with van der Waals surface area (Å²) in [5, 5.41) is 3.04. The Morgan fingerprint density at radius 1 is 1.26 bits per heavy atom. The monoisotopic (exact) mass is 512 g/mol. The lowest BCUT2D eigenvalue weighted by atomic mass is 9.96. The first-order valence-corrected chi connectivity index (χ1v) is 12.3. The van der Waals surface area contributed by atoms with Gasteiger partial charge in [-0.1, -0.05) is 22.9 Å². The number of halogens is 2. The van der Waals surface area contributed by atoms with Crippen LogP contribution in [0.2, 0.25) is 0 Å². The Morgan fingerprint density at radius 3 is 2.55 bits per heavy atom. The molecule has 0 aromatic heterocycles. The van der Waals surface area contributed by atoms with Gasteiger partial charge in [0.05, 0.1) is 7.11 Å². The minimum atomic E-state index is -3.93. The number of piperidine rings is 1. The van der Waals surface area contributed by atoms with E-state index in [1.165, 1.54) is 17.5 Å². The van der Waals surface area contributed by atoms with E-state index >= 15 is 0 Å². The van der Waals surface area contributed by atoms with Crippen molar-refractivity contribution in [2.45, 2.75) is 38.0 Å². The largest absolute Gasteiger partial charge is 0.495 e. The van der Waals surface area contributed by atoms with E-state index in [-0.39, 0.29) is 35.6 Å². The molecule has 1 aliphatic rings. The maximum atomic E-state index is 13.7. The van der Waals surface area contributed by atoms with Gasteiger partial charge in [0, 0.05) is 29.2 Å². The van der Waals surface area contributed by atoms with Crippen LogP contribution in [0.5, 0.6) is 5.75 Å². The molecule has 1 aliphatic heterocycles. The number of aryl methyl sites for hydroxylation is 2. The van der Waals surface area contributed by atoms with Crippen LogP contribution in [0.3, 0.4) is 0 Å². The molecule has 0 spiro atoms. The third kappa shape index (κ3) is 5.10. The summed E-state index contributed by atoms with van der Waals surface area (Å²) in [6.07, 6.45) is 1.56. The summed E-state index contributed by atoms with van der Waals surface area (Å²) in [7, 11) is -2.58. The molecule has 0 bridgehead atoms. The van der Waals surface area contributed by atoms with Gasteiger partial charge in [0.2, 0.25) is 15.9 Å². The van der Waals surface area contributed by atoms with Crippen LogP contribution in [0.4, 0.5) is 10.1 Å². The number of methoxy groups -OCH3 is 1. The number of benzene rings is 2. The molecule has 0 aliphatic carbocycles. The average molecular weight is 513 g/mol. The summed E-state index contributed by atoms with van der Waals surface area (Å²) < 4.78 is 47.1. The predicted octanol–water partition coefficient (Wildman–Crippen LogP) is 4.51. The van der Waals surface area contributed by atoms with Crippen molar-refractivity contribution in [1.82, 2.24) is 4.31 Å². The number of anilines is 1. The molecule has 0 atom stereocenters. The van der Waals surface area contributed by atoms with Crippen molar-refractivity contribution in [2.75, 3.05) is 25.5 Å². The van der Waals surface area contributed by atoms with Gasteiger partial charge >= 0.3 is 0 Å². The third-order valence-electron chi connectivity index (χ3n) is 5.58. The first-order chi connectivity index (χ1) is 14.7. The van der Waals surface area contributed by atoms with E-state index in [4.69, 9.17) is 4.74 Å². The SMILES string of the molecule is CCc1cc(Br)cc(C)c1NC(=O)C1CCN(S(=O)(=O)c2cc(F)ccc2OC)CC1. The zero-order valence-corrected chi connectivity index (χ0v) is 20.1. The van der Waals surface area contributed by atoms with Crippen LogP contribution in [-0.4, -0.2) is 38.8 Å². The Labute approximate surface area is 191 Å². The molecule has 1 heterocycles. The van der Waals surface area contributed by atoms with Crippen molar-refractivity contribution >= 4 is 37.5 Å². The van der Waals surface area contributed by atoms with Crippen molar-refractivity contribution in [1.29, 1.82) is 0 Å². The van der Waals surface area contributed by atoms with Crippen molar-refractivity contribution in [3.05, 3.63) is 51.7 Å². The van der Waals surface area contributed by atoms with Gasteiger partial charge in [0.1, 0.15) is 16.5 Å². The van der Waals surface area contributed by atoms with Gasteiger partial charge in [0.15, 0.2) is 0 Å². The maximum absolute atomic E-state index is 13.7. The molecule has 31 heavy (non-hydrogen) atoms. The van der Waals surface area contributed by atoms with Crippen molar-refractivity contribution < 1.29 is 22.3 Å². The van der Waals surface area contributed by atoms with Crippen LogP contribution in [0.1, 0.15) is 30.9 Å². The lowest BCUT2D eigenvalue weighted by Crippen LogP contribution is -2.41. The summed E-state index contributed by atoms with van der Waals surface area (Å²) in [5.74, 6) is -0.960. The number of amides is 1. The first-order valence-electron chi connectivity index (χ1n) is 10.1. The number of hydrogen-bond acceptors (Lipinski definition) is 4. The Balaban J connectivity index is 1.71. The van der Waals surface area contributed by atoms with Crippen LogP contribution in [-0.2, 0) is 21.2 Å². The minimum Gasteiger partial charge on any atom is -0.495 e. The van der Waals surface area contributed by atoms with Gasteiger partial charge in [0.25, 0.3) is 0 Å². The van der Waals surface area contributed by atoms with E-state index in [0.717, 1.165) is 39.8 Å². The predicted molar refractivity (Wildman–Crippen MR) is 121 cm³/mol. The lowest BCUT2D eigenvalue weighted by Gasteiger charge is -2.31. The Bertz CT molecular complexity index is 1080. The Morgan fingerprint density at radius 2 is 1.94 bits per heavy atom. The molecule has 0 unspecified atom stereocenters. The fourth-order valence-corrected chi connectivity index (χ4v) is 6.10. The molecule has 2 aromatic carbocycles. The van der Waals surface area contributed by atoms with E-state index in [0.29, 0.717) is 12.8 Å². The van der Waals surface area contributed by atoms with Crippen molar-refractivity contribution in [3.63, 3.8) is 0 Å². The molecular weight excluding hydrogens is 487 g/mol. The van der Waals surface area contributed by atoms with Crippen LogP contribution >= 0.6 is 15.9 Å². The van der Waals surface area contributed by atoms with Gasteiger partial charge < -0.3 is 10.1 Å². The van der Waals surface area contributed by atoms with Crippen LogP contribution in [0, 0.1) is 18.7 Å². The molecular formula is C22H26BrFN2O4S. The quantitative estimate of drug-likeness (QED) is 0.617. The summed E-state index contributed by atoms with van der Waals surface area (Å²) in [5.41, 5.74) is 2.83. The highest BCUT2D eigenvalue weighted by atomic mass is 79.9. The number of ether oxygens (including phenoxy) is 1. The summed E-state index contributed by atoms with van der Waals surface area (Å²) in [4.78, 5) is 12.7. The highest BCUT2D eigenvalue weighted by Crippen LogP contribution is 2.32. The van der Waals surface area contributed by atoms with Gasteiger partial charge in [-0.2, -0.15) is 4.31 Å². The normalized spacial score (nSPS) is 15.6. The second-order valence-corrected chi connectivity index (χ2v) is 10.4. The highest BCUT2D eigenvalue weighted by Gasteiger charge is 2.34. The molecule has 0 saturated carbocycles. The molecule has 1 amide bonds. The van der Waals surface area contributed by atoms with E-state index in [1.807, 2.05) is 26.0 Å². The number of hydrogen-bond donors (Lipinski definition) is 1. The summed E-state index contributed by atoms with van der Waals surface area (Å²) in [6, 6.07) is 7.37. The fraction of sp³-hybridized carbons (Fsp3) is 0.409. The van der Waals surface area contributed by atoms with Crippen LogP contribution in [0.15, 0.2) is 39.7 Å². The van der Waals surface area contributed by atoms with E-state index in [9.17, 15) is 17.6 Å². The minimum absolute atomic E-state index is 0.0964. The second kappa shape index (κ2) is 9.67. The van der Waals surface area contributed by atoms with Gasteiger partial charge in [-0.25, -0.2) is 12.8 Å². The second-order valence-electron chi connectivity index (χ2n) is 7.57. The molecule has 1 N–H and O–H groups in total. The zero-order chi connectivity index (χ0) is 22.8. The van der Waals surface area contributed by atoms with Gasteiger partial charge in [-0.3, -0.25) is 4.79 Å². The van der Waals surface area contributed by atoms with Gasteiger partial charge in [-0.05, 0) is 67.6 Å². The summed E-state index contributed by atoms with van der Waals surface area (Å²) >= 11 is 3.48. The van der Waals surface area contributed by atoms with E-state index < -0.39 is 15.8 Å². The molecule has 6 nitrogen and oxygen atoms in total. The standard InChI is InChI=1S/C22H26BrFN2O4S/c1-4-15-12-17(23)11-14(2)21(15)25-22(27)16-7-9-26(10-8-16)31(28,29)20-13-18(24)5-6-19(20)30-3/h5-6,11-13,16H,4,7-10H2,1-3H3,(H,25,27). The van der Waals surface area contributed by atoms with Crippen LogP contribution in [0.25, 0.3) is 0 Å². The molecule has 3 rings (SSSR count). The number of nitrogens with zero attached hydrogens (tertiary/aromatic N) is 1. The number of sulfonamides is 1. The van der Waals surface area contributed by atoms with Crippen molar-refractivity contribution in [3.8, 4) is 5.75 Å². The molecule has 2 aromatic rings. The van der Waals surface area contributed by atoms with Crippen molar-refractivity contribution in [2.24, 2.45) is 5.92 Å². The number of nitrogens with one attached hydrogen (secondary N) is 1. The molecule has 9 heteroatoms. The number of rotatable bonds is 6. The first kappa shape index (κ1) is 23.7. The third-order valence-corrected chi connectivity index (χ3v) is 7.96. The van der Waals surface area contributed by atoms with E-state index in [1.54, 1.807) is 0 Å². The highest BCUT2D eigenvalue weighted by molar-refractivity contribution is 9.10. The Hall–Kier alpha value is -1.97. The topological polar surface area (TPSA) is 75.7 Å².